The fourth-order valence-electron chi connectivity index (χ4n) is 3.95. The van der Waals surface area contributed by atoms with Gasteiger partial charge in [0.1, 0.15) is 10.7 Å². The number of ether oxygens (including phenoxy) is 1. The van der Waals surface area contributed by atoms with E-state index in [1.807, 2.05) is 18.7 Å². The van der Waals surface area contributed by atoms with Crippen molar-refractivity contribution in [1.29, 1.82) is 0 Å². The molecule has 2 aromatic rings. The molecule has 2 aliphatic rings. The van der Waals surface area contributed by atoms with E-state index in [-0.39, 0.29) is 23.6 Å². The highest BCUT2D eigenvalue weighted by Gasteiger charge is 2.27. The van der Waals surface area contributed by atoms with Crippen LogP contribution in [0.3, 0.4) is 0 Å². The molecule has 2 unspecified atom stereocenters. The summed E-state index contributed by atoms with van der Waals surface area (Å²) in [7, 11) is 0. The average Bonchev–Trinajstić information content (AvgIpc) is 3.00. The van der Waals surface area contributed by atoms with Crippen molar-refractivity contribution in [3.8, 4) is 0 Å². The van der Waals surface area contributed by atoms with Gasteiger partial charge >= 0.3 is 0 Å². The summed E-state index contributed by atoms with van der Waals surface area (Å²) in [5.41, 5.74) is 1.15. The van der Waals surface area contributed by atoms with Gasteiger partial charge in [-0.05, 0) is 45.1 Å². The second kappa shape index (κ2) is 7.12. The van der Waals surface area contributed by atoms with Crippen molar-refractivity contribution in [2.45, 2.75) is 64.5 Å². The van der Waals surface area contributed by atoms with Crippen LogP contribution in [-0.2, 0) is 28.8 Å². The van der Waals surface area contributed by atoms with Crippen molar-refractivity contribution in [2.24, 2.45) is 0 Å². The maximum atomic E-state index is 12.6. The molecule has 1 aliphatic heterocycles. The molecule has 6 nitrogen and oxygen atoms in total. The maximum Gasteiger partial charge on any atom is 0.259 e. The van der Waals surface area contributed by atoms with Crippen LogP contribution in [0.2, 0.25) is 0 Å². The summed E-state index contributed by atoms with van der Waals surface area (Å²) >= 11 is 1.65. The minimum Gasteiger partial charge on any atom is -0.375 e. The quantitative estimate of drug-likeness (QED) is 0.894. The number of carbonyl (C=O) groups is 1. The molecule has 0 bridgehead atoms. The lowest BCUT2D eigenvalue weighted by Gasteiger charge is -2.36. The summed E-state index contributed by atoms with van der Waals surface area (Å²) in [5, 5.41) is 0.774. The average molecular weight is 375 g/mol. The molecule has 26 heavy (non-hydrogen) atoms. The standard InChI is InChI=1S/C19H25N3O3S/c1-11-10-25-12(2)9-22(11)16(23)8-7-15-20-18(24)17-13-5-3-4-6-14(13)26-19(17)21-15/h11-12H,3-10H2,1-2H3,(H,20,21,24). The van der Waals surface area contributed by atoms with Crippen molar-refractivity contribution >= 4 is 27.5 Å². The number of H-pyrrole nitrogens is 1. The third kappa shape index (κ3) is 3.30. The van der Waals surface area contributed by atoms with Gasteiger partial charge in [0.25, 0.3) is 5.56 Å². The van der Waals surface area contributed by atoms with E-state index in [1.54, 1.807) is 11.3 Å². The van der Waals surface area contributed by atoms with E-state index in [0.717, 1.165) is 29.5 Å². The van der Waals surface area contributed by atoms with Gasteiger partial charge in [0, 0.05) is 24.3 Å². The van der Waals surface area contributed by atoms with Gasteiger partial charge in [-0.15, -0.1) is 11.3 Å². The first-order valence-electron chi connectivity index (χ1n) is 9.47. The van der Waals surface area contributed by atoms with Gasteiger partial charge in [-0.1, -0.05) is 0 Å². The molecule has 1 aliphatic carbocycles. The predicted octanol–water partition coefficient (Wildman–Crippen LogP) is 2.43. The molecule has 2 atom stereocenters. The smallest absolute Gasteiger partial charge is 0.259 e. The number of thiophene rings is 1. The second-order valence-electron chi connectivity index (χ2n) is 7.44. The Kier molecular flexibility index (Phi) is 4.84. The van der Waals surface area contributed by atoms with Crippen molar-refractivity contribution < 1.29 is 9.53 Å². The van der Waals surface area contributed by atoms with Crippen LogP contribution in [0.15, 0.2) is 4.79 Å². The van der Waals surface area contributed by atoms with Gasteiger partial charge in [-0.2, -0.15) is 0 Å². The van der Waals surface area contributed by atoms with Gasteiger partial charge in [0.05, 0.1) is 24.1 Å². The summed E-state index contributed by atoms with van der Waals surface area (Å²) in [6.45, 7) is 5.19. The van der Waals surface area contributed by atoms with Crippen LogP contribution >= 0.6 is 11.3 Å². The number of nitrogens with one attached hydrogen (secondary N) is 1. The molecule has 0 saturated carbocycles. The molecule has 0 aromatic carbocycles. The minimum absolute atomic E-state index is 0.0507. The van der Waals surface area contributed by atoms with E-state index < -0.39 is 0 Å². The van der Waals surface area contributed by atoms with E-state index in [0.29, 0.717) is 31.8 Å². The Balaban J connectivity index is 1.51. The zero-order valence-corrected chi connectivity index (χ0v) is 16.2. The lowest BCUT2D eigenvalue weighted by Crippen LogP contribution is -2.50. The van der Waals surface area contributed by atoms with E-state index in [4.69, 9.17) is 4.74 Å². The molecule has 2 aromatic heterocycles. The normalized spacial score (nSPS) is 23.2. The van der Waals surface area contributed by atoms with E-state index in [1.165, 1.54) is 16.9 Å². The summed E-state index contributed by atoms with van der Waals surface area (Å²) in [6.07, 6.45) is 5.26. The summed E-state index contributed by atoms with van der Waals surface area (Å²) in [4.78, 5) is 36.8. The lowest BCUT2D eigenvalue weighted by atomic mass is 9.97. The SMILES string of the molecule is CC1CN(C(=O)CCc2nc3sc4c(c3c(=O)[nH]2)CCCC4)C(C)CO1. The van der Waals surface area contributed by atoms with Crippen LogP contribution in [0.25, 0.3) is 10.2 Å². The molecule has 140 valence electrons. The zero-order chi connectivity index (χ0) is 18.3. The van der Waals surface area contributed by atoms with Crippen LogP contribution < -0.4 is 5.56 Å². The third-order valence-corrected chi connectivity index (χ3v) is 6.56. The van der Waals surface area contributed by atoms with E-state index in [2.05, 4.69) is 9.97 Å². The van der Waals surface area contributed by atoms with Gasteiger partial charge in [-0.25, -0.2) is 4.98 Å². The molecule has 0 spiro atoms. The van der Waals surface area contributed by atoms with Crippen LogP contribution in [0.4, 0.5) is 0 Å². The molecule has 7 heteroatoms. The fourth-order valence-corrected chi connectivity index (χ4v) is 5.23. The van der Waals surface area contributed by atoms with Crippen LogP contribution in [0, 0.1) is 0 Å². The van der Waals surface area contributed by atoms with Gasteiger partial charge in [-0.3, -0.25) is 9.59 Å². The number of rotatable bonds is 3. The van der Waals surface area contributed by atoms with E-state index in [9.17, 15) is 9.59 Å². The Hall–Kier alpha value is -1.73. The van der Waals surface area contributed by atoms with Crippen molar-refractivity contribution in [3.05, 3.63) is 26.6 Å². The first-order valence-corrected chi connectivity index (χ1v) is 10.3. The number of hydrogen-bond donors (Lipinski definition) is 1. The molecular weight excluding hydrogens is 350 g/mol. The number of amides is 1. The number of aromatic nitrogens is 2. The predicted molar refractivity (Wildman–Crippen MR) is 102 cm³/mol. The molecule has 4 rings (SSSR count). The number of morpholine rings is 1. The van der Waals surface area contributed by atoms with Crippen LogP contribution in [-0.4, -0.2) is 46.1 Å². The largest absolute Gasteiger partial charge is 0.375 e. The van der Waals surface area contributed by atoms with Crippen molar-refractivity contribution in [3.63, 3.8) is 0 Å². The molecule has 1 amide bonds. The Morgan fingerprint density at radius 1 is 1.35 bits per heavy atom. The third-order valence-electron chi connectivity index (χ3n) is 5.38. The monoisotopic (exact) mass is 375 g/mol. The zero-order valence-electron chi connectivity index (χ0n) is 15.3. The van der Waals surface area contributed by atoms with Crippen molar-refractivity contribution in [1.82, 2.24) is 14.9 Å². The van der Waals surface area contributed by atoms with Gasteiger partial charge in [0.15, 0.2) is 0 Å². The Morgan fingerprint density at radius 3 is 3.00 bits per heavy atom. The fraction of sp³-hybridized carbons (Fsp3) is 0.632. The molecular formula is C19H25N3O3S. The maximum absolute atomic E-state index is 12.6. The summed E-state index contributed by atoms with van der Waals surface area (Å²) in [5.74, 6) is 0.712. The number of carbonyl (C=O) groups excluding carboxylic acids is 1. The van der Waals surface area contributed by atoms with Gasteiger partial charge < -0.3 is 14.6 Å². The molecule has 0 radical (unpaired) electrons. The molecule has 1 N–H and O–H groups in total. The highest BCUT2D eigenvalue weighted by Crippen LogP contribution is 2.33. The Bertz CT molecular complexity index is 888. The highest BCUT2D eigenvalue weighted by molar-refractivity contribution is 7.18. The highest BCUT2D eigenvalue weighted by atomic mass is 32.1. The number of nitrogens with zero attached hydrogens (tertiary/aromatic N) is 2. The number of hydrogen-bond acceptors (Lipinski definition) is 5. The number of aryl methyl sites for hydroxylation is 3. The van der Waals surface area contributed by atoms with Crippen molar-refractivity contribution in [2.75, 3.05) is 13.2 Å². The lowest BCUT2D eigenvalue weighted by molar-refractivity contribution is -0.143. The summed E-state index contributed by atoms with van der Waals surface area (Å²) in [6, 6.07) is 0.0946. The van der Waals surface area contributed by atoms with Crippen LogP contribution in [0.5, 0.6) is 0 Å². The van der Waals surface area contributed by atoms with Crippen LogP contribution in [0.1, 0.15) is 49.4 Å². The molecule has 1 saturated heterocycles. The molecule has 3 heterocycles. The Labute approximate surface area is 156 Å². The van der Waals surface area contributed by atoms with E-state index >= 15 is 0 Å². The number of fused-ring (bicyclic) bond motifs is 3. The first kappa shape index (κ1) is 17.7. The molecule has 1 fully saturated rings. The Morgan fingerprint density at radius 2 is 2.15 bits per heavy atom. The number of aromatic amines is 1. The first-order chi connectivity index (χ1) is 12.5. The topological polar surface area (TPSA) is 75.3 Å². The summed E-state index contributed by atoms with van der Waals surface area (Å²) < 4.78 is 5.58. The minimum atomic E-state index is -0.0507. The van der Waals surface area contributed by atoms with Gasteiger partial charge in [0.2, 0.25) is 5.91 Å². The second-order valence-corrected chi connectivity index (χ2v) is 8.53.